The number of nitrogens with one attached hydrogen (secondary N) is 2. The number of rotatable bonds is 6. The molecule has 6 heteroatoms. The molecule has 0 aliphatic carbocycles. The van der Waals surface area contributed by atoms with Crippen LogP contribution in [0.25, 0.3) is 0 Å². The molecular weight excluding hydrogens is 378 g/mol. The molecule has 1 saturated heterocycles. The largest absolute Gasteiger partial charge is 0.497 e. The van der Waals surface area contributed by atoms with Crippen molar-refractivity contribution in [3.63, 3.8) is 0 Å². The van der Waals surface area contributed by atoms with Gasteiger partial charge in [0.1, 0.15) is 5.75 Å². The second-order valence-electron chi connectivity index (χ2n) is 7.67. The smallest absolute Gasteiger partial charge is 0.317 e. The number of urea groups is 1. The van der Waals surface area contributed by atoms with Crippen molar-refractivity contribution in [1.29, 1.82) is 0 Å². The van der Waals surface area contributed by atoms with Gasteiger partial charge in [0.25, 0.3) is 5.91 Å². The van der Waals surface area contributed by atoms with Gasteiger partial charge in [-0.15, -0.1) is 0 Å². The Labute approximate surface area is 178 Å². The van der Waals surface area contributed by atoms with E-state index in [1.54, 1.807) is 14.2 Å². The van der Waals surface area contributed by atoms with E-state index in [0.717, 1.165) is 42.7 Å². The van der Waals surface area contributed by atoms with Gasteiger partial charge in [-0.3, -0.25) is 4.79 Å². The molecule has 0 radical (unpaired) electrons. The average molecular weight is 410 g/mol. The molecule has 0 saturated carbocycles. The van der Waals surface area contributed by atoms with E-state index < -0.39 is 0 Å². The molecule has 2 aromatic rings. The minimum atomic E-state index is -0.0847. The van der Waals surface area contributed by atoms with Crippen molar-refractivity contribution < 1.29 is 14.3 Å². The van der Waals surface area contributed by atoms with Gasteiger partial charge in [0.05, 0.1) is 13.2 Å². The summed E-state index contributed by atoms with van der Waals surface area (Å²) in [6.07, 6.45) is 2.77. The Morgan fingerprint density at radius 2 is 1.97 bits per heavy atom. The van der Waals surface area contributed by atoms with Crippen LogP contribution in [0.2, 0.25) is 0 Å². The van der Waals surface area contributed by atoms with Crippen molar-refractivity contribution in [2.75, 3.05) is 27.2 Å². The summed E-state index contributed by atoms with van der Waals surface area (Å²) >= 11 is 0. The van der Waals surface area contributed by atoms with Crippen LogP contribution in [-0.2, 0) is 0 Å². The molecule has 3 rings (SSSR count). The lowest BCUT2D eigenvalue weighted by molar-refractivity contribution is 0.0935. The molecule has 1 aliphatic rings. The number of piperidine rings is 1. The Bertz CT molecular complexity index is 866. The monoisotopic (exact) mass is 409 g/mol. The summed E-state index contributed by atoms with van der Waals surface area (Å²) in [7, 11) is 3.30. The lowest BCUT2D eigenvalue weighted by Crippen LogP contribution is -2.43. The second-order valence-corrected chi connectivity index (χ2v) is 7.67. The number of hydrogen-bond donors (Lipinski definition) is 2. The van der Waals surface area contributed by atoms with Crippen molar-refractivity contribution in [2.24, 2.45) is 0 Å². The van der Waals surface area contributed by atoms with Gasteiger partial charge < -0.3 is 20.3 Å². The number of benzene rings is 2. The Morgan fingerprint density at radius 3 is 2.63 bits per heavy atom. The highest BCUT2D eigenvalue weighted by atomic mass is 16.5. The van der Waals surface area contributed by atoms with Crippen LogP contribution >= 0.6 is 0 Å². The zero-order valence-electron chi connectivity index (χ0n) is 18.0. The molecule has 30 heavy (non-hydrogen) atoms. The lowest BCUT2D eigenvalue weighted by atomic mass is 9.89. The summed E-state index contributed by atoms with van der Waals surface area (Å²) in [5, 5.41) is 5.85. The fraction of sp³-hybridized carbons (Fsp3) is 0.417. The van der Waals surface area contributed by atoms with Crippen LogP contribution in [0.1, 0.15) is 59.6 Å². The van der Waals surface area contributed by atoms with Gasteiger partial charge in [0, 0.05) is 31.6 Å². The third-order valence-corrected chi connectivity index (χ3v) is 5.77. The van der Waals surface area contributed by atoms with E-state index in [1.165, 1.54) is 0 Å². The Balaban J connectivity index is 1.71. The van der Waals surface area contributed by atoms with E-state index in [0.29, 0.717) is 12.1 Å². The number of carbonyl (C=O) groups excluding carboxylic acids is 2. The predicted octanol–water partition coefficient (Wildman–Crippen LogP) is 4.10. The summed E-state index contributed by atoms with van der Waals surface area (Å²) in [5.41, 5.74) is 2.81. The van der Waals surface area contributed by atoms with Gasteiger partial charge in [-0.05, 0) is 54.7 Å². The third-order valence-electron chi connectivity index (χ3n) is 5.77. The molecule has 1 aliphatic heterocycles. The van der Waals surface area contributed by atoms with Crippen molar-refractivity contribution in [3.8, 4) is 5.75 Å². The first-order valence-corrected chi connectivity index (χ1v) is 10.6. The predicted molar refractivity (Wildman–Crippen MR) is 118 cm³/mol. The van der Waals surface area contributed by atoms with Crippen LogP contribution in [0.15, 0.2) is 48.5 Å². The van der Waals surface area contributed by atoms with Gasteiger partial charge in [-0.2, -0.15) is 0 Å². The van der Waals surface area contributed by atoms with Crippen LogP contribution < -0.4 is 15.4 Å². The number of methoxy groups -OCH3 is 1. The van der Waals surface area contributed by atoms with Gasteiger partial charge >= 0.3 is 6.03 Å². The average Bonchev–Trinajstić information content (AvgIpc) is 2.82. The van der Waals surface area contributed by atoms with Crippen molar-refractivity contribution >= 4 is 11.9 Å². The first kappa shape index (κ1) is 21.7. The molecule has 0 spiro atoms. The van der Waals surface area contributed by atoms with Gasteiger partial charge in [-0.1, -0.05) is 31.2 Å². The second kappa shape index (κ2) is 10.1. The normalized spacial score (nSPS) is 17.2. The standard InChI is InChI=1S/C24H31N3O3/c1-4-22(17-10-12-21(30-3)13-11-17)26-23(28)19-8-5-7-18(15-19)20-9-6-14-27(16-20)24(29)25-2/h5,7-8,10-13,15,20,22H,4,6,9,14,16H2,1-3H3,(H,25,29)(H,26,28)/t20-,22+/m1/s1. The maximum atomic E-state index is 13.0. The summed E-state index contributed by atoms with van der Waals surface area (Å²) < 4.78 is 5.22. The molecule has 0 bridgehead atoms. The molecule has 6 nitrogen and oxygen atoms in total. The fourth-order valence-corrected chi connectivity index (χ4v) is 4.02. The highest BCUT2D eigenvalue weighted by Crippen LogP contribution is 2.28. The zero-order chi connectivity index (χ0) is 21.5. The van der Waals surface area contributed by atoms with E-state index in [-0.39, 0.29) is 23.9 Å². The van der Waals surface area contributed by atoms with Crippen LogP contribution in [0.4, 0.5) is 4.79 Å². The maximum Gasteiger partial charge on any atom is 0.317 e. The number of carbonyl (C=O) groups is 2. The van der Waals surface area contributed by atoms with Crippen molar-refractivity contribution in [2.45, 2.75) is 38.1 Å². The molecule has 160 valence electrons. The summed E-state index contributed by atoms with van der Waals surface area (Å²) in [6, 6.07) is 15.5. The van der Waals surface area contributed by atoms with E-state index >= 15 is 0 Å². The van der Waals surface area contributed by atoms with E-state index in [2.05, 4.69) is 23.6 Å². The van der Waals surface area contributed by atoms with Crippen LogP contribution in [0, 0.1) is 0 Å². The number of ether oxygens (including phenoxy) is 1. The highest BCUT2D eigenvalue weighted by Gasteiger charge is 2.25. The SMILES string of the molecule is CC[C@H](NC(=O)c1cccc([C@@H]2CCCN(C(=O)NC)C2)c1)c1ccc(OC)cc1. The summed E-state index contributed by atoms with van der Waals surface area (Å²) in [6.45, 7) is 3.51. The Hall–Kier alpha value is -3.02. The Morgan fingerprint density at radius 1 is 1.20 bits per heavy atom. The van der Waals surface area contributed by atoms with Gasteiger partial charge in [-0.25, -0.2) is 4.79 Å². The molecule has 2 N–H and O–H groups in total. The molecule has 2 atom stereocenters. The number of likely N-dealkylation sites (tertiary alicyclic amines) is 1. The topological polar surface area (TPSA) is 70.7 Å². The minimum Gasteiger partial charge on any atom is -0.497 e. The molecule has 0 unspecified atom stereocenters. The Kier molecular flexibility index (Phi) is 7.33. The third kappa shape index (κ3) is 5.12. The van der Waals surface area contributed by atoms with Crippen LogP contribution in [0.3, 0.4) is 0 Å². The number of nitrogens with zero attached hydrogens (tertiary/aromatic N) is 1. The number of amides is 3. The summed E-state index contributed by atoms with van der Waals surface area (Å²) in [4.78, 5) is 26.8. The van der Waals surface area contributed by atoms with E-state index in [1.807, 2.05) is 47.4 Å². The van der Waals surface area contributed by atoms with Crippen LogP contribution in [0.5, 0.6) is 5.75 Å². The van der Waals surface area contributed by atoms with Crippen LogP contribution in [-0.4, -0.2) is 44.1 Å². The van der Waals surface area contributed by atoms with Gasteiger partial charge in [0.2, 0.25) is 0 Å². The first-order chi connectivity index (χ1) is 14.5. The zero-order valence-corrected chi connectivity index (χ0v) is 18.0. The quantitative estimate of drug-likeness (QED) is 0.755. The fourth-order valence-electron chi connectivity index (χ4n) is 4.02. The molecule has 1 heterocycles. The minimum absolute atomic E-state index is 0.0427. The highest BCUT2D eigenvalue weighted by molar-refractivity contribution is 5.94. The lowest BCUT2D eigenvalue weighted by Gasteiger charge is -2.32. The molecule has 2 aromatic carbocycles. The molecule has 3 amide bonds. The molecule has 0 aromatic heterocycles. The van der Waals surface area contributed by atoms with E-state index in [9.17, 15) is 9.59 Å². The first-order valence-electron chi connectivity index (χ1n) is 10.6. The maximum absolute atomic E-state index is 13.0. The molecule has 1 fully saturated rings. The number of hydrogen-bond acceptors (Lipinski definition) is 3. The molecular formula is C24H31N3O3. The van der Waals surface area contributed by atoms with Crippen molar-refractivity contribution in [1.82, 2.24) is 15.5 Å². The van der Waals surface area contributed by atoms with E-state index in [4.69, 9.17) is 4.74 Å². The van der Waals surface area contributed by atoms with Crippen molar-refractivity contribution in [3.05, 3.63) is 65.2 Å². The summed E-state index contributed by atoms with van der Waals surface area (Å²) in [5.74, 6) is 0.955. The van der Waals surface area contributed by atoms with Gasteiger partial charge in [0.15, 0.2) is 0 Å².